The Morgan fingerprint density at radius 3 is 2.79 bits per heavy atom. The molecule has 4 nitrogen and oxygen atoms in total. The van der Waals surface area contributed by atoms with Crippen molar-refractivity contribution in [2.24, 2.45) is 0 Å². The van der Waals surface area contributed by atoms with Gasteiger partial charge in [0.1, 0.15) is 11.9 Å². The fourth-order valence-electron chi connectivity index (χ4n) is 3.66. The van der Waals surface area contributed by atoms with Gasteiger partial charge in [-0.25, -0.2) is 15.2 Å². The molecule has 0 aliphatic carbocycles. The van der Waals surface area contributed by atoms with Crippen molar-refractivity contribution in [3.63, 3.8) is 0 Å². The lowest BCUT2D eigenvalue weighted by Crippen LogP contribution is -2.45. The van der Waals surface area contributed by atoms with E-state index in [-0.39, 0.29) is 29.8 Å². The molecule has 2 saturated heterocycles. The Morgan fingerprint density at radius 2 is 2.04 bits per heavy atom. The first-order chi connectivity index (χ1) is 11.7. The Balaban J connectivity index is 1.46. The summed E-state index contributed by atoms with van der Waals surface area (Å²) in [5.74, 6) is -0.108. The van der Waals surface area contributed by atoms with E-state index in [4.69, 9.17) is 0 Å². The van der Waals surface area contributed by atoms with Gasteiger partial charge in [-0.15, -0.1) is 11.3 Å². The minimum atomic E-state index is -0.241. The predicted molar refractivity (Wildman–Crippen MR) is 91.8 cm³/mol. The molecule has 0 radical (unpaired) electrons. The lowest BCUT2D eigenvalue weighted by molar-refractivity contribution is -0.134. The van der Waals surface area contributed by atoms with E-state index in [2.05, 4.69) is 22.3 Å². The molecule has 2 fully saturated rings. The average molecular weight is 345 g/mol. The quantitative estimate of drug-likeness (QED) is 0.898. The largest absolute Gasteiger partial charge is 0.334 e. The molecule has 1 amide bonds. The minimum absolute atomic E-state index is 0.0562. The van der Waals surface area contributed by atoms with Crippen LogP contribution < -0.4 is 10.9 Å². The van der Waals surface area contributed by atoms with Crippen LogP contribution in [0.1, 0.15) is 41.8 Å². The van der Waals surface area contributed by atoms with Crippen molar-refractivity contribution in [3.05, 3.63) is 58.0 Å². The monoisotopic (exact) mass is 345 g/mol. The molecule has 3 heterocycles. The van der Waals surface area contributed by atoms with Crippen LogP contribution in [0, 0.1) is 5.82 Å². The third kappa shape index (κ3) is 2.97. The van der Waals surface area contributed by atoms with E-state index < -0.39 is 0 Å². The summed E-state index contributed by atoms with van der Waals surface area (Å²) in [7, 11) is 0. The second-order valence-corrected chi connectivity index (χ2v) is 7.37. The highest BCUT2D eigenvalue weighted by atomic mass is 32.1. The first-order valence-electron chi connectivity index (χ1n) is 8.33. The van der Waals surface area contributed by atoms with Crippen LogP contribution in [0.4, 0.5) is 4.39 Å². The molecule has 6 heteroatoms. The third-order valence-electron chi connectivity index (χ3n) is 4.88. The summed E-state index contributed by atoms with van der Waals surface area (Å²) in [6.07, 6.45) is 2.68. The molecule has 24 heavy (non-hydrogen) atoms. The number of carbonyl (C=O) groups is 1. The number of likely N-dealkylation sites (tertiary alicyclic amines) is 1. The minimum Gasteiger partial charge on any atom is -0.334 e. The number of amides is 1. The maximum absolute atomic E-state index is 13.2. The maximum Gasteiger partial charge on any atom is 0.241 e. The van der Waals surface area contributed by atoms with Crippen molar-refractivity contribution in [2.75, 3.05) is 6.54 Å². The zero-order chi connectivity index (χ0) is 16.5. The van der Waals surface area contributed by atoms with Gasteiger partial charge in [0.15, 0.2) is 0 Å². The number of benzene rings is 1. The first-order valence-corrected chi connectivity index (χ1v) is 9.21. The van der Waals surface area contributed by atoms with E-state index in [1.54, 1.807) is 23.5 Å². The van der Waals surface area contributed by atoms with Crippen LogP contribution in [0.25, 0.3) is 0 Å². The Kier molecular flexibility index (Phi) is 4.35. The molecule has 2 aliphatic heterocycles. The van der Waals surface area contributed by atoms with Gasteiger partial charge in [0.25, 0.3) is 0 Å². The van der Waals surface area contributed by atoms with Crippen LogP contribution in [0.5, 0.6) is 0 Å². The summed E-state index contributed by atoms with van der Waals surface area (Å²) in [5, 5.41) is 2.05. The maximum atomic E-state index is 13.2. The number of rotatable bonds is 3. The molecule has 2 aromatic rings. The smallest absolute Gasteiger partial charge is 0.241 e. The van der Waals surface area contributed by atoms with Crippen molar-refractivity contribution in [1.29, 1.82) is 0 Å². The average Bonchev–Trinajstić information content (AvgIpc) is 3.34. The number of hydrazine groups is 1. The molecule has 2 aliphatic rings. The molecule has 3 unspecified atom stereocenters. The van der Waals surface area contributed by atoms with Gasteiger partial charge in [-0.3, -0.25) is 4.79 Å². The fourth-order valence-corrected chi connectivity index (χ4v) is 4.45. The fraction of sp³-hybridized carbons (Fsp3) is 0.389. The number of nitrogens with one attached hydrogen (secondary N) is 2. The van der Waals surface area contributed by atoms with Crippen molar-refractivity contribution >= 4 is 17.2 Å². The Morgan fingerprint density at radius 1 is 1.21 bits per heavy atom. The van der Waals surface area contributed by atoms with Crippen LogP contribution in [0.15, 0.2) is 41.8 Å². The number of carbonyl (C=O) groups excluding carboxylic acids is 1. The Labute approximate surface area is 144 Å². The van der Waals surface area contributed by atoms with E-state index >= 15 is 0 Å². The van der Waals surface area contributed by atoms with Crippen molar-refractivity contribution in [2.45, 2.75) is 37.4 Å². The standard InChI is InChI=1S/C18H20FN3OS/c19-13-7-5-12(6-8-13)16-3-1-9-22(16)18(23)15-11-14(20-21-15)17-4-2-10-24-17/h2,4-8,10,14-16,20-21H,1,3,9,11H2. The summed E-state index contributed by atoms with van der Waals surface area (Å²) in [6.45, 7) is 0.767. The summed E-state index contributed by atoms with van der Waals surface area (Å²) in [6, 6.07) is 10.7. The number of halogens is 1. The van der Waals surface area contributed by atoms with Crippen molar-refractivity contribution < 1.29 is 9.18 Å². The summed E-state index contributed by atoms with van der Waals surface area (Å²) < 4.78 is 13.2. The van der Waals surface area contributed by atoms with Crippen LogP contribution in [-0.4, -0.2) is 23.4 Å². The van der Waals surface area contributed by atoms with Crippen molar-refractivity contribution in [1.82, 2.24) is 15.8 Å². The van der Waals surface area contributed by atoms with Crippen LogP contribution in [-0.2, 0) is 4.79 Å². The van der Waals surface area contributed by atoms with E-state index in [0.717, 1.165) is 31.4 Å². The van der Waals surface area contributed by atoms with Crippen LogP contribution >= 0.6 is 11.3 Å². The zero-order valence-electron chi connectivity index (χ0n) is 13.2. The van der Waals surface area contributed by atoms with E-state index in [1.807, 2.05) is 11.0 Å². The van der Waals surface area contributed by atoms with Gasteiger partial charge in [0.2, 0.25) is 5.91 Å². The highest BCUT2D eigenvalue weighted by Crippen LogP contribution is 2.34. The van der Waals surface area contributed by atoms with Gasteiger partial charge >= 0.3 is 0 Å². The molecule has 1 aromatic carbocycles. The number of hydrogen-bond donors (Lipinski definition) is 2. The topological polar surface area (TPSA) is 44.4 Å². The SMILES string of the molecule is O=C(C1CC(c2cccs2)NN1)N1CCCC1c1ccc(F)cc1. The summed E-state index contributed by atoms with van der Waals surface area (Å²) >= 11 is 1.70. The predicted octanol–water partition coefficient (Wildman–Crippen LogP) is 3.16. The molecule has 0 saturated carbocycles. The van der Waals surface area contributed by atoms with E-state index in [9.17, 15) is 9.18 Å². The Bertz CT molecular complexity index is 704. The number of thiophene rings is 1. The molecule has 0 bridgehead atoms. The normalized spacial score (nSPS) is 26.9. The molecule has 1 aromatic heterocycles. The highest BCUT2D eigenvalue weighted by Gasteiger charge is 2.38. The van der Waals surface area contributed by atoms with E-state index in [0.29, 0.717) is 0 Å². The molecule has 2 N–H and O–H groups in total. The first kappa shape index (κ1) is 15.7. The Hall–Kier alpha value is -1.76. The highest BCUT2D eigenvalue weighted by molar-refractivity contribution is 7.10. The number of nitrogens with zero attached hydrogens (tertiary/aromatic N) is 1. The zero-order valence-corrected chi connectivity index (χ0v) is 14.1. The van der Waals surface area contributed by atoms with Gasteiger partial charge in [0.05, 0.1) is 12.1 Å². The van der Waals surface area contributed by atoms with Gasteiger partial charge in [0, 0.05) is 11.4 Å². The lowest BCUT2D eigenvalue weighted by atomic mass is 10.0. The molecule has 0 spiro atoms. The van der Waals surface area contributed by atoms with Crippen LogP contribution in [0.2, 0.25) is 0 Å². The van der Waals surface area contributed by atoms with Gasteiger partial charge in [-0.05, 0) is 48.4 Å². The third-order valence-corrected chi connectivity index (χ3v) is 5.86. The molecule has 126 valence electrons. The van der Waals surface area contributed by atoms with Gasteiger partial charge < -0.3 is 4.90 Å². The number of hydrogen-bond acceptors (Lipinski definition) is 4. The summed E-state index contributed by atoms with van der Waals surface area (Å²) in [4.78, 5) is 16.2. The molecular weight excluding hydrogens is 325 g/mol. The lowest BCUT2D eigenvalue weighted by Gasteiger charge is -2.27. The van der Waals surface area contributed by atoms with Crippen molar-refractivity contribution in [3.8, 4) is 0 Å². The second-order valence-electron chi connectivity index (χ2n) is 6.39. The van der Waals surface area contributed by atoms with Gasteiger partial charge in [-0.2, -0.15) is 0 Å². The second kappa shape index (κ2) is 6.63. The van der Waals surface area contributed by atoms with Crippen LogP contribution in [0.3, 0.4) is 0 Å². The molecule has 4 rings (SSSR count). The molecule has 3 atom stereocenters. The summed E-state index contributed by atoms with van der Waals surface area (Å²) in [5.41, 5.74) is 7.41. The van der Waals surface area contributed by atoms with Gasteiger partial charge in [-0.1, -0.05) is 18.2 Å². The van der Waals surface area contributed by atoms with E-state index in [1.165, 1.54) is 17.0 Å². The molecular formula is C18H20FN3OS.